The van der Waals surface area contributed by atoms with Crippen LogP contribution in [0.25, 0.3) is 10.9 Å². The van der Waals surface area contributed by atoms with Gasteiger partial charge in [0.05, 0.1) is 0 Å². The van der Waals surface area contributed by atoms with Crippen LogP contribution >= 0.6 is 0 Å². The van der Waals surface area contributed by atoms with E-state index in [-0.39, 0.29) is 0 Å². The van der Waals surface area contributed by atoms with E-state index in [4.69, 9.17) is 5.73 Å². The smallest absolute Gasteiger partial charge is 0.0486 e. The van der Waals surface area contributed by atoms with Crippen LogP contribution in [0.1, 0.15) is 37.0 Å². The molecule has 1 atom stereocenters. The minimum Gasteiger partial charge on any atom is -0.347 e. The Balaban J connectivity index is 2.08. The van der Waals surface area contributed by atoms with Crippen LogP contribution < -0.4 is 5.73 Å². The van der Waals surface area contributed by atoms with Crippen LogP contribution in [0.4, 0.5) is 0 Å². The monoisotopic (exact) mass is 285 g/mol. The van der Waals surface area contributed by atoms with Gasteiger partial charge in [0.2, 0.25) is 0 Å². The van der Waals surface area contributed by atoms with Crippen molar-refractivity contribution in [2.45, 2.75) is 46.3 Å². The number of nitrogens with two attached hydrogens (primary N) is 1. The van der Waals surface area contributed by atoms with Crippen molar-refractivity contribution >= 4 is 10.9 Å². The highest BCUT2D eigenvalue weighted by molar-refractivity contribution is 5.86. The Morgan fingerprint density at radius 2 is 1.95 bits per heavy atom. The Hall–Kier alpha value is -1.32. The van der Waals surface area contributed by atoms with Gasteiger partial charge in [0, 0.05) is 36.7 Å². The fraction of sp³-hybridized carbons (Fsp3) is 0.556. The molecule has 3 heteroatoms. The fourth-order valence-corrected chi connectivity index (χ4v) is 3.48. The molecule has 0 aliphatic carbocycles. The summed E-state index contributed by atoms with van der Waals surface area (Å²) < 4.78 is 2.44. The number of hydrogen-bond donors (Lipinski definition) is 1. The van der Waals surface area contributed by atoms with Gasteiger partial charge in [-0.05, 0) is 61.2 Å². The topological polar surface area (TPSA) is 34.2 Å². The van der Waals surface area contributed by atoms with E-state index in [1.807, 2.05) is 0 Å². The first-order valence-corrected chi connectivity index (χ1v) is 8.14. The fourth-order valence-electron chi connectivity index (χ4n) is 3.48. The van der Waals surface area contributed by atoms with Gasteiger partial charge in [-0.15, -0.1) is 0 Å². The molecule has 3 rings (SSSR count). The molecule has 2 heterocycles. The third kappa shape index (κ3) is 2.72. The predicted octanol–water partition coefficient (Wildman–Crippen LogP) is 3.13. The molecule has 0 spiro atoms. The highest BCUT2D eigenvalue weighted by Crippen LogP contribution is 2.31. The molecule has 1 aliphatic heterocycles. The van der Waals surface area contributed by atoms with Crippen molar-refractivity contribution in [2.24, 2.45) is 11.7 Å². The Morgan fingerprint density at radius 1 is 1.24 bits per heavy atom. The molecule has 0 amide bonds. The normalized spacial score (nSPS) is 16.6. The van der Waals surface area contributed by atoms with Crippen molar-refractivity contribution in [3.63, 3.8) is 0 Å². The molecule has 1 aromatic heterocycles. The van der Waals surface area contributed by atoms with Gasteiger partial charge in [0.1, 0.15) is 0 Å². The number of nitrogens with zero attached hydrogens (tertiary/aromatic N) is 2. The molecular formula is C18H27N3. The maximum Gasteiger partial charge on any atom is 0.0486 e. The lowest BCUT2D eigenvalue weighted by Crippen LogP contribution is -2.12. The first kappa shape index (κ1) is 14.6. The summed E-state index contributed by atoms with van der Waals surface area (Å²) in [6.45, 7) is 8.50. The van der Waals surface area contributed by atoms with Gasteiger partial charge in [-0.2, -0.15) is 0 Å². The largest absolute Gasteiger partial charge is 0.347 e. The van der Waals surface area contributed by atoms with Crippen LogP contribution in [-0.4, -0.2) is 23.1 Å². The van der Waals surface area contributed by atoms with Gasteiger partial charge in [-0.25, -0.2) is 0 Å². The van der Waals surface area contributed by atoms with Crippen molar-refractivity contribution in [3.05, 3.63) is 35.0 Å². The Morgan fingerprint density at radius 3 is 2.62 bits per heavy atom. The second-order valence-electron chi connectivity index (χ2n) is 6.70. The molecule has 1 unspecified atom stereocenters. The van der Waals surface area contributed by atoms with E-state index in [0.29, 0.717) is 5.92 Å². The highest BCUT2D eigenvalue weighted by Gasteiger charge is 2.19. The van der Waals surface area contributed by atoms with Gasteiger partial charge in [-0.1, -0.05) is 13.8 Å². The van der Waals surface area contributed by atoms with E-state index < -0.39 is 0 Å². The Bertz CT molecular complexity index is 641. The minimum atomic E-state index is 0.543. The van der Waals surface area contributed by atoms with Crippen LogP contribution in [-0.2, 0) is 26.1 Å². The zero-order valence-electron chi connectivity index (χ0n) is 13.5. The molecule has 114 valence electrons. The van der Waals surface area contributed by atoms with E-state index in [0.717, 1.165) is 32.6 Å². The number of fused-ring (bicyclic) bond motifs is 2. The highest BCUT2D eigenvalue weighted by atomic mass is 15.1. The number of hydrogen-bond acceptors (Lipinski definition) is 2. The molecule has 1 aliphatic rings. The van der Waals surface area contributed by atoms with Crippen LogP contribution in [0, 0.1) is 5.92 Å². The summed E-state index contributed by atoms with van der Waals surface area (Å²) in [6, 6.07) is 4.85. The maximum atomic E-state index is 5.82. The van der Waals surface area contributed by atoms with Crippen molar-refractivity contribution in [3.8, 4) is 0 Å². The predicted molar refractivity (Wildman–Crippen MR) is 89.3 cm³/mol. The van der Waals surface area contributed by atoms with Crippen LogP contribution in [0.5, 0.6) is 0 Å². The lowest BCUT2D eigenvalue weighted by Gasteiger charge is -2.07. The lowest BCUT2D eigenvalue weighted by molar-refractivity contribution is 0.353. The second kappa shape index (κ2) is 5.82. The van der Waals surface area contributed by atoms with E-state index in [2.05, 4.69) is 48.7 Å². The summed E-state index contributed by atoms with van der Waals surface area (Å²) >= 11 is 0. The summed E-state index contributed by atoms with van der Waals surface area (Å²) in [5.41, 5.74) is 11.7. The summed E-state index contributed by atoms with van der Waals surface area (Å²) in [5.74, 6) is 0.543. The molecular weight excluding hydrogens is 258 g/mol. The van der Waals surface area contributed by atoms with Crippen LogP contribution in [0.2, 0.25) is 0 Å². The van der Waals surface area contributed by atoms with E-state index in [1.165, 1.54) is 34.0 Å². The Labute approximate surface area is 127 Å². The van der Waals surface area contributed by atoms with E-state index in [9.17, 15) is 0 Å². The Kier molecular flexibility index (Phi) is 4.05. The number of benzene rings is 1. The average Bonchev–Trinajstić information content (AvgIpc) is 2.97. The van der Waals surface area contributed by atoms with Crippen LogP contribution in [0.15, 0.2) is 18.3 Å². The molecule has 2 aromatic rings. The molecule has 3 nitrogen and oxygen atoms in total. The van der Waals surface area contributed by atoms with E-state index in [1.54, 1.807) is 0 Å². The zero-order chi connectivity index (χ0) is 15.0. The molecule has 0 fully saturated rings. The summed E-state index contributed by atoms with van der Waals surface area (Å²) in [5, 5.41) is 1.44. The number of aromatic nitrogens is 1. The van der Waals surface area contributed by atoms with Gasteiger partial charge >= 0.3 is 0 Å². The molecule has 0 radical (unpaired) electrons. The number of aryl methyl sites for hydroxylation is 1. The van der Waals surface area contributed by atoms with Crippen molar-refractivity contribution in [1.29, 1.82) is 0 Å². The van der Waals surface area contributed by atoms with Gasteiger partial charge in [0.25, 0.3) is 0 Å². The third-order valence-corrected chi connectivity index (χ3v) is 4.60. The van der Waals surface area contributed by atoms with Crippen molar-refractivity contribution in [2.75, 3.05) is 13.6 Å². The molecule has 1 aromatic carbocycles. The van der Waals surface area contributed by atoms with Gasteiger partial charge in [-0.3, -0.25) is 4.90 Å². The second-order valence-corrected chi connectivity index (χ2v) is 6.70. The molecule has 0 saturated carbocycles. The first-order chi connectivity index (χ1) is 10.1. The standard InChI is InChI=1S/C18H27N3/c1-4-5-21-12-16(6-13(2)9-19)17-7-14-10-20(3)11-15(14)8-18(17)21/h7-8,12-13H,4-6,9-11,19H2,1-3H3. The summed E-state index contributed by atoms with van der Waals surface area (Å²) in [4.78, 5) is 2.38. The SMILES string of the molecule is CCCn1cc(CC(C)CN)c2cc3c(cc21)CN(C)C3. The quantitative estimate of drug-likeness (QED) is 0.916. The third-order valence-electron chi connectivity index (χ3n) is 4.60. The summed E-state index contributed by atoms with van der Waals surface area (Å²) in [7, 11) is 2.20. The van der Waals surface area contributed by atoms with Gasteiger partial charge < -0.3 is 10.3 Å². The molecule has 21 heavy (non-hydrogen) atoms. The van der Waals surface area contributed by atoms with E-state index >= 15 is 0 Å². The molecule has 2 N–H and O–H groups in total. The van der Waals surface area contributed by atoms with Crippen LogP contribution in [0.3, 0.4) is 0 Å². The average molecular weight is 285 g/mol. The number of rotatable bonds is 5. The summed E-state index contributed by atoms with van der Waals surface area (Å²) in [6.07, 6.45) is 4.62. The van der Waals surface area contributed by atoms with Gasteiger partial charge in [0.15, 0.2) is 0 Å². The molecule has 0 bridgehead atoms. The lowest BCUT2D eigenvalue weighted by atomic mass is 9.99. The minimum absolute atomic E-state index is 0.543. The zero-order valence-corrected chi connectivity index (χ0v) is 13.5. The maximum absolute atomic E-state index is 5.82. The van der Waals surface area contributed by atoms with Crippen molar-refractivity contribution < 1.29 is 0 Å². The van der Waals surface area contributed by atoms with Crippen molar-refractivity contribution in [1.82, 2.24) is 9.47 Å². The first-order valence-electron chi connectivity index (χ1n) is 8.14. The molecule has 0 saturated heterocycles.